The molecule has 122 valence electrons. The van der Waals surface area contributed by atoms with Crippen LogP contribution < -0.4 is 5.73 Å². The van der Waals surface area contributed by atoms with Gasteiger partial charge in [0.15, 0.2) is 5.69 Å². The van der Waals surface area contributed by atoms with Crippen LogP contribution in [0.2, 0.25) is 0 Å². The molecule has 0 spiro atoms. The van der Waals surface area contributed by atoms with Crippen LogP contribution in [0.3, 0.4) is 0 Å². The molecule has 0 saturated heterocycles. The molecule has 0 aliphatic carbocycles. The molecule has 0 radical (unpaired) electrons. The van der Waals surface area contributed by atoms with Gasteiger partial charge in [-0.15, -0.1) is 0 Å². The fraction of sp³-hybridized carbons (Fsp3) is 0.312. The average molecular weight is 317 g/mol. The molecule has 2 rings (SSSR count). The number of carbonyl (C=O) groups excluding carboxylic acids is 2. The van der Waals surface area contributed by atoms with Crippen LogP contribution in [0, 0.1) is 0 Å². The van der Waals surface area contributed by atoms with Gasteiger partial charge in [0.05, 0.1) is 25.8 Å². The molecule has 0 fully saturated rings. The zero-order chi connectivity index (χ0) is 16.8. The lowest BCUT2D eigenvalue weighted by atomic mass is 10.1. The Morgan fingerprint density at radius 1 is 1.39 bits per heavy atom. The molecule has 0 bridgehead atoms. The predicted octanol–water partition coefficient (Wildman–Crippen LogP) is 1.87. The number of esters is 2. The van der Waals surface area contributed by atoms with Gasteiger partial charge in [0.25, 0.3) is 0 Å². The lowest BCUT2D eigenvalue weighted by molar-refractivity contribution is -0.143. The minimum atomic E-state index is -0.554. The van der Waals surface area contributed by atoms with E-state index in [1.165, 1.54) is 7.11 Å². The van der Waals surface area contributed by atoms with Crippen molar-refractivity contribution in [1.29, 1.82) is 0 Å². The molecule has 2 heterocycles. The molecule has 2 aromatic heterocycles. The molecular formula is C16H19N3O4. The average Bonchev–Trinajstić information content (AvgIpc) is 2.90. The summed E-state index contributed by atoms with van der Waals surface area (Å²) in [6.07, 6.45) is 5.16. The van der Waals surface area contributed by atoms with Crippen LogP contribution in [-0.4, -0.2) is 35.2 Å². The Labute approximate surface area is 134 Å². The van der Waals surface area contributed by atoms with Gasteiger partial charge in [-0.05, 0) is 13.0 Å². The summed E-state index contributed by atoms with van der Waals surface area (Å²) < 4.78 is 11.3. The Kier molecular flexibility index (Phi) is 5.35. The number of rotatable bonds is 6. The number of ether oxygens (including phenoxy) is 2. The normalized spacial score (nSPS) is 10.3. The number of aryl methyl sites for hydroxylation is 1. The SMILES string of the molecule is CCOC(=O)CCn1cc(-c2cccnc2)c(N)c1C(=O)OC. The van der Waals surface area contributed by atoms with Gasteiger partial charge in [-0.25, -0.2) is 4.79 Å². The predicted molar refractivity (Wildman–Crippen MR) is 84.7 cm³/mol. The van der Waals surface area contributed by atoms with Gasteiger partial charge < -0.3 is 19.8 Å². The van der Waals surface area contributed by atoms with Crippen LogP contribution in [-0.2, 0) is 20.8 Å². The molecule has 23 heavy (non-hydrogen) atoms. The first-order valence-corrected chi connectivity index (χ1v) is 7.21. The van der Waals surface area contributed by atoms with Crippen LogP contribution >= 0.6 is 0 Å². The Bertz CT molecular complexity index is 695. The van der Waals surface area contributed by atoms with Crippen molar-refractivity contribution in [3.8, 4) is 11.1 Å². The lowest BCUT2D eigenvalue weighted by Gasteiger charge is -2.07. The van der Waals surface area contributed by atoms with Crippen LogP contribution in [0.25, 0.3) is 11.1 Å². The number of hydrogen-bond donors (Lipinski definition) is 1. The van der Waals surface area contributed by atoms with Gasteiger partial charge in [0, 0.05) is 36.3 Å². The monoisotopic (exact) mass is 317 g/mol. The third-order valence-electron chi connectivity index (χ3n) is 3.33. The Morgan fingerprint density at radius 3 is 2.78 bits per heavy atom. The van der Waals surface area contributed by atoms with E-state index in [0.717, 1.165) is 5.56 Å². The highest BCUT2D eigenvalue weighted by molar-refractivity contribution is 5.98. The van der Waals surface area contributed by atoms with Gasteiger partial charge in [-0.2, -0.15) is 0 Å². The lowest BCUT2D eigenvalue weighted by Crippen LogP contribution is -2.15. The molecule has 0 aliphatic rings. The first-order chi connectivity index (χ1) is 11.1. The number of nitrogens with two attached hydrogens (primary N) is 1. The molecule has 0 unspecified atom stereocenters. The van der Waals surface area contributed by atoms with E-state index in [-0.39, 0.29) is 24.6 Å². The van der Waals surface area contributed by atoms with Crippen molar-refractivity contribution in [3.63, 3.8) is 0 Å². The molecular weight excluding hydrogens is 298 g/mol. The topological polar surface area (TPSA) is 96.4 Å². The third kappa shape index (κ3) is 3.68. The molecule has 0 atom stereocenters. The van der Waals surface area contributed by atoms with Gasteiger partial charge in [0.1, 0.15) is 0 Å². The number of anilines is 1. The van der Waals surface area contributed by atoms with E-state index in [0.29, 0.717) is 17.9 Å². The first kappa shape index (κ1) is 16.5. The van der Waals surface area contributed by atoms with Crippen LogP contribution in [0.1, 0.15) is 23.8 Å². The molecule has 0 aliphatic heterocycles. The molecule has 0 amide bonds. The van der Waals surface area contributed by atoms with Gasteiger partial charge in [-0.3, -0.25) is 9.78 Å². The molecule has 0 saturated carbocycles. The summed E-state index contributed by atoms with van der Waals surface area (Å²) in [4.78, 5) is 27.6. The largest absolute Gasteiger partial charge is 0.466 e. The van der Waals surface area contributed by atoms with Gasteiger partial charge in [-0.1, -0.05) is 6.07 Å². The van der Waals surface area contributed by atoms with E-state index < -0.39 is 5.97 Å². The summed E-state index contributed by atoms with van der Waals surface area (Å²) in [6.45, 7) is 2.33. The van der Waals surface area contributed by atoms with E-state index in [2.05, 4.69) is 4.98 Å². The molecule has 0 aromatic carbocycles. The number of aromatic nitrogens is 2. The fourth-order valence-electron chi connectivity index (χ4n) is 2.27. The van der Waals surface area contributed by atoms with Crippen molar-refractivity contribution < 1.29 is 19.1 Å². The number of nitrogen functional groups attached to an aromatic ring is 1. The van der Waals surface area contributed by atoms with E-state index in [4.69, 9.17) is 15.2 Å². The van der Waals surface area contributed by atoms with Crippen molar-refractivity contribution in [1.82, 2.24) is 9.55 Å². The number of carbonyl (C=O) groups is 2. The Balaban J connectivity index is 2.36. The van der Waals surface area contributed by atoms with E-state index in [9.17, 15) is 9.59 Å². The van der Waals surface area contributed by atoms with Crippen molar-refractivity contribution in [3.05, 3.63) is 36.4 Å². The van der Waals surface area contributed by atoms with Gasteiger partial charge in [0.2, 0.25) is 0 Å². The number of pyridine rings is 1. The molecule has 2 N–H and O–H groups in total. The number of methoxy groups -OCH3 is 1. The highest BCUT2D eigenvalue weighted by Gasteiger charge is 2.22. The van der Waals surface area contributed by atoms with Crippen molar-refractivity contribution in [2.75, 3.05) is 19.5 Å². The molecule has 7 heteroatoms. The van der Waals surface area contributed by atoms with Gasteiger partial charge >= 0.3 is 11.9 Å². The zero-order valence-electron chi connectivity index (χ0n) is 13.1. The maximum Gasteiger partial charge on any atom is 0.356 e. The fourth-order valence-corrected chi connectivity index (χ4v) is 2.27. The first-order valence-electron chi connectivity index (χ1n) is 7.21. The van der Waals surface area contributed by atoms with Crippen molar-refractivity contribution >= 4 is 17.6 Å². The number of hydrogen-bond acceptors (Lipinski definition) is 6. The summed E-state index contributed by atoms with van der Waals surface area (Å²) in [5, 5.41) is 0. The summed E-state index contributed by atoms with van der Waals surface area (Å²) >= 11 is 0. The van der Waals surface area contributed by atoms with Crippen molar-refractivity contribution in [2.24, 2.45) is 0 Å². The smallest absolute Gasteiger partial charge is 0.356 e. The van der Waals surface area contributed by atoms with E-state index >= 15 is 0 Å². The quantitative estimate of drug-likeness (QED) is 0.817. The second-order valence-corrected chi connectivity index (χ2v) is 4.79. The summed E-state index contributed by atoms with van der Waals surface area (Å²) in [5.41, 5.74) is 8.08. The highest BCUT2D eigenvalue weighted by atomic mass is 16.5. The third-order valence-corrected chi connectivity index (χ3v) is 3.33. The Morgan fingerprint density at radius 2 is 2.17 bits per heavy atom. The van der Waals surface area contributed by atoms with E-state index in [1.807, 2.05) is 6.07 Å². The second-order valence-electron chi connectivity index (χ2n) is 4.79. The highest BCUT2D eigenvalue weighted by Crippen LogP contribution is 2.30. The minimum absolute atomic E-state index is 0.137. The summed E-state index contributed by atoms with van der Waals surface area (Å²) in [7, 11) is 1.29. The summed E-state index contributed by atoms with van der Waals surface area (Å²) in [6, 6.07) is 3.62. The standard InChI is InChI=1S/C16H19N3O4/c1-3-23-13(20)6-8-19-10-12(11-5-4-7-18-9-11)14(17)15(19)16(21)22-2/h4-5,7,9-10H,3,6,8,17H2,1-2H3. The minimum Gasteiger partial charge on any atom is -0.466 e. The maximum atomic E-state index is 12.0. The number of nitrogens with zero attached hydrogens (tertiary/aromatic N) is 2. The zero-order valence-corrected chi connectivity index (χ0v) is 13.1. The van der Waals surface area contributed by atoms with Crippen LogP contribution in [0.15, 0.2) is 30.7 Å². The molecule has 2 aromatic rings. The van der Waals surface area contributed by atoms with E-state index in [1.54, 1.807) is 36.1 Å². The summed E-state index contributed by atoms with van der Waals surface area (Å²) in [5.74, 6) is -0.889. The maximum absolute atomic E-state index is 12.0. The van der Waals surface area contributed by atoms with Crippen LogP contribution in [0.5, 0.6) is 0 Å². The Hall–Kier alpha value is -2.83. The van der Waals surface area contributed by atoms with Crippen LogP contribution in [0.4, 0.5) is 5.69 Å². The van der Waals surface area contributed by atoms with Crippen molar-refractivity contribution in [2.45, 2.75) is 19.9 Å². The second kappa shape index (κ2) is 7.44. The molecule has 7 nitrogen and oxygen atoms in total.